The Labute approximate surface area is 239 Å². The highest BCUT2D eigenvalue weighted by Gasteiger charge is 2.13. The van der Waals surface area contributed by atoms with Crippen LogP contribution in [0.2, 0.25) is 0 Å². The lowest BCUT2D eigenvalue weighted by molar-refractivity contribution is 1.07. The molecule has 0 saturated carbocycles. The molecule has 0 amide bonds. The molecule has 7 aromatic rings. The second-order valence-electron chi connectivity index (χ2n) is 10.00. The number of hydrogen-bond donors (Lipinski definition) is 0. The SMILES string of the molecule is Cc1ncc(-c2ccc(-c3cccc(-c4nc(-c5ccccc5)nc(-c5ccccc5)n4)c3)cc2)c2ccccc12. The molecule has 0 aliphatic carbocycles. The first-order chi connectivity index (χ1) is 20.2. The van der Waals surface area contributed by atoms with Gasteiger partial charge < -0.3 is 0 Å². The van der Waals surface area contributed by atoms with Gasteiger partial charge in [0.15, 0.2) is 17.5 Å². The van der Waals surface area contributed by atoms with Crippen LogP contribution in [0.1, 0.15) is 5.69 Å². The molecule has 41 heavy (non-hydrogen) atoms. The Bertz CT molecular complexity index is 1930. The number of rotatable bonds is 5. The average Bonchev–Trinajstić information content (AvgIpc) is 3.06. The van der Waals surface area contributed by atoms with E-state index < -0.39 is 0 Å². The fraction of sp³-hybridized carbons (Fsp3) is 0.0270. The van der Waals surface area contributed by atoms with E-state index in [-0.39, 0.29) is 0 Å². The summed E-state index contributed by atoms with van der Waals surface area (Å²) >= 11 is 0. The molecule has 5 aromatic carbocycles. The van der Waals surface area contributed by atoms with Crippen molar-refractivity contribution >= 4 is 10.8 Å². The third kappa shape index (κ3) is 4.88. The average molecular weight is 527 g/mol. The fourth-order valence-electron chi connectivity index (χ4n) is 5.18. The van der Waals surface area contributed by atoms with Crippen LogP contribution in [0, 0.1) is 6.92 Å². The van der Waals surface area contributed by atoms with Crippen molar-refractivity contribution in [2.45, 2.75) is 6.92 Å². The van der Waals surface area contributed by atoms with E-state index in [1.807, 2.05) is 66.9 Å². The van der Waals surface area contributed by atoms with Gasteiger partial charge in [0.1, 0.15) is 0 Å². The molecule has 194 valence electrons. The van der Waals surface area contributed by atoms with E-state index in [1.54, 1.807) is 0 Å². The minimum Gasteiger partial charge on any atom is -0.260 e. The standard InChI is InChI=1S/C37H26N4/c1-25-32-17-8-9-18-33(32)34(24-38-25)27-21-19-26(20-22-27)30-15-10-16-31(23-30)37-40-35(28-11-4-2-5-12-28)39-36(41-37)29-13-6-3-7-14-29/h2-24H,1H3. The molecule has 0 N–H and O–H groups in total. The first kappa shape index (κ1) is 24.6. The molecule has 7 rings (SSSR count). The molecule has 0 unspecified atom stereocenters. The van der Waals surface area contributed by atoms with Crippen LogP contribution >= 0.6 is 0 Å². The minimum atomic E-state index is 0.647. The third-order valence-electron chi connectivity index (χ3n) is 7.34. The lowest BCUT2D eigenvalue weighted by Crippen LogP contribution is -2.00. The van der Waals surface area contributed by atoms with Gasteiger partial charge in [0, 0.05) is 39.5 Å². The van der Waals surface area contributed by atoms with Gasteiger partial charge in [-0.1, -0.05) is 127 Å². The summed E-state index contributed by atoms with van der Waals surface area (Å²) in [6, 6.07) is 45.6. The molecule has 4 nitrogen and oxygen atoms in total. The highest BCUT2D eigenvalue weighted by atomic mass is 15.0. The van der Waals surface area contributed by atoms with Crippen molar-refractivity contribution in [3.8, 4) is 56.4 Å². The van der Waals surface area contributed by atoms with E-state index in [1.165, 1.54) is 10.8 Å². The summed E-state index contributed by atoms with van der Waals surface area (Å²) in [5.74, 6) is 1.96. The third-order valence-corrected chi connectivity index (χ3v) is 7.34. The smallest absolute Gasteiger partial charge is 0.164 e. The normalized spacial score (nSPS) is 11.0. The zero-order chi connectivity index (χ0) is 27.6. The van der Waals surface area contributed by atoms with Crippen molar-refractivity contribution in [1.82, 2.24) is 19.9 Å². The van der Waals surface area contributed by atoms with Gasteiger partial charge in [-0.05, 0) is 35.1 Å². The maximum absolute atomic E-state index is 4.89. The molecule has 0 aliphatic heterocycles. The second kappa shape index (κ2) is 10.6. The van der Waals surface area contributed by atoms with Gasteiger partial charge in [0.25, 0.3) is 0 Å². The van der Waals surface area contributed by atoms with Crippen molar-refractivity contribution in [3.05, 3.63) is 145 Å². The lowest BCUT2D eigenvalue weighted by atomic mass is 9.96. The summed E-state index contributed by atoms with van der Waals surface area (Å²) in [6.45, 7) is 2.06. The Morgan fingerprint density at radius 2 is 0.878 bits per heavy atom. The van der Waals surface area contributed by atoms with Gasteiger partial charge in [0.05, 0.1) is 0 Å². The Morgan fingerprint density at radius 1 is 0.390 bits per heavy atom. The van der Waals surface area contributed by atoms with Crippen LogP contribution in [-0.2, 0) is 0 Å². The summed E-state index contributed by atoms with van der Waals surface area (Å²) < 4.78 is 0. The monoisotopic (exact) mass is 526 g/mol. The molecule has 4 heteroatoms. The predicted octanol–water partition coefficient (Wildman–Crippen LogP) is 9.06. The Hall–Kier alpha value is -5.48. The number of pyridine rings is 1. The number of nitrogens with zero attached hydrogens (tertiary/aromatic N) is 4. The molecular formula is C37H26N4. The molecular weight excluding hydrogens is 500 g/mol. The summed E-state index contributed by atoms with van der Waals surface area (Å²) in [6.07, 6.45) is 1.97. The van der Waals surface area contributed by atoms with E-state index in [0.717, 1.165) is 44.6 Å². The van der Waals surface area contributed by atoms with Crippen LogP contribution in [-0.4, -0.2) is 19.9 Å². The van der Waals surface area contributed by atoms with Crippen LogP contribution in [0.3, 0.4) is 0 Å². The molecule has 0 saturated heterocycles. The first-order valence-corrected chi connectivity index (χ1v) is 13.7. The van der Waals surface area contributed by atoms with Crippen LogP contribution in [0.4, 0.5) is 0 Å². The van der Waals surface area contributed by atoms with Gasteiger partial charge in [-0.2, -0.15) is 0 Å². The summed E-state index contributed by atoms with van der Waals surface area (Å²) in [4.78, 5) is 19.3. The number of hydrogen-bond acceptors (Lipinski definition) is 4. The van der Waals surface area contributed by atoms with Crippen molar-refractivity contribution in [3.63, 3.8) is 0 Å². The predicted molar refractivity (Wildman–Crippen MR) is 167 cm³/mol. The number of aromatic nitrogens is 4. The van der Waals surface area contributed by atoms with Crippen LogP contribution in [0.5, 0.6) is 0 Å². The van der Waals surface area contributed by atoms with Gasteiger partial charge in [0.2, 0.25) is 0 Å². The maximum atomic E-state index is 4.89. The van der Waals surface area contributed by atoms with Crippen LogP contribution < -0.4 is 0 Å². The van der Waals surface area contributed by atoms with E-state index >= 15 is 0 Å². The molecule has 0 fully saturated rings. The van der Waals surface area contributed by atoms with Crippen LogP contribution in [0.25, 0.3) is 67.2 Å². The Balaban J connectivity index is 1.27. The zero-order valence-corrected chi connectivity index (χ0v) is 22.6. The number of aryl methyl sites for hydroxylation is 1. The fourth-order valence-corrected chi connectivity index (χ4v) is 5.18. The van der Waals surface area contributed by atoms with Gasteiger partial charge in [-0.15, -0.1) is 0 Å². The molecule has 0 aliphatic rings. The molecule has 0 spiro atoms. The molecule has 0 bridgehead atoms. The number of benzene rings is 5. The molecule has 0 radical (unpaired) electrons. The van der Waals surface area contributed by atoms with Crippen molar-refractivity contribution in [2.75, 3.05) is 0 Å². The Morgan fingerprint density at radius 3 is 1.51 bits per heavy atom. The van der Waals surface area contributed by atoms with E-state index in [4.69, 9.17) is 15.0 Å². The molecule has 0 atom stereocenters. The summed E-state index contributed by atoms with van der Waals surface area (Å²) in [5, 5.41) is 2.40. The summed E-state index contributed by atoms with van der Waals surface area (Å²) in [7, 11) is 0. The largest absolute Gasteiger partial charge is 0.260 e. The Kier molecular flexibility index (Phi) is 6.34. The van der Waals surface area contributed by atoms with Crippen molar-refractivity contribution in [2.24, 2.45) is 0 Å². The van der Waals surface area contributed by atoms with E-state index in [0.29, 0.717) is 17.5 Å². The zero-order valence-electron chi connectivity index (χ0n) is 22.6. The first-order valence-electron chi connectivity index (χ1n) is 13.7. The van der Waals surface area contributed by atoms with Gasteiger partial charge in [-0.25, -0.2) is 15.0 Å². The number of fused-ring (bicyclic) bond motifs is 1. The van der Waals surface area contributed by atoms with Crippen LogP contribution in [0.15, 0.2) is 140 Å². The summed E-state index contributed by atoms with van der Waals surface area (Å²) in [5.41, 5.74) is 8.41. The second-order valence-corrected chi connectivity index (χ2v) is 10.00. The van der Waals surface area contributed by atoms with Gasteiger partial charge >= 0.3 is 0 Å². The maximum Gasteiger partial charge on any atom is 0.164 e. The van der Waals surface area contributed by atoms with E-state index in [2.05, 4.69) is 84.7 Å². The highest BCUT2D eigenvalue weighted by molar-refractivity contribution is 5.97. The quantitative estimate of drug-likeness (QED) is 0.224. The lowest BCUT2D eigenvalue weighted by Gasteiger charge is -2.11. The van der Waals surface area contributed by atoms with Crippen molar-refractivity contribution < 1.29 is 0 Å². The highest BCUT2D eigenvalue weighted by Crippen LogP contribution is 2.32. The minimum absolute atomic E-state index is 0.647. The van der Waals surface area contributed by atoms with E-state index in [9.17, 15) is 0 Å². The topological polar surface area (TPSA) is 51.6 Å². The molecule has 2 heterocycles. The van der Waals surface area contributed by atoms with Crippen molar-refractivity contribution in [1.29, 1.82) is 0 Å². The van der Waals surface area contributed by atoms with Gasteiger partial charge in [-0.3, -0.25) is 4.98 Å². The molecule has 2 aromatic heterocycles.